The largest absolute Gasteiger partial charge is 0.349 e. The number of hydrogen-bond acceptors (Lipinski definition) is 1. The third-order valence-corrected chi connectivity index (χ3v) is 3.57. The van der Waals surface area contributed by atoms with Gasteiger partial charge in [-0.25, -0.2) is 0 Å². The molecule has 0 bridgehead atoms. The molecule has 1 amide bonds. The van der Waals surface area contributed by atoms with E-state index in [4.69, 9.17) is 0 Å². The maximum absolute atomic E-state index is 12.1. The fourth-order valence-corrected chi connectivity index (χ4v) is 2.43. The van der Waals surface area contributed by atoms with Crippen molar-refractivity contribution in [3.63, 3.8) is 0 Å². The number of hydrogen-bond donors (Lipinski definition) is 1. The minimum Gasteiger partial charge on any atom is -0.349 e. The zero-order valence-electron chi connectivity index (χ0n) is 9.99. The van der Waals surface area contributed by atoms with E-state index in [2.05, 4.69) is 12.2 Å². The van der Waals surface area contributed by atoms with Gasteiger partial charge in [-0.1, -0.05) is 31.5 Å². The van der Waals surface area contributed by atoms with Crippen LogP contribution < -0.4 is 5.32 Å². The number of aryl methyl sites for hydroxylation is 1. The molecule has 0 unspecified atom stereocenters. The van der Waals surface area contributed by atoms with Gasteiger partial charge in [-0.3, -0.25) is 4.79 Å². The van der Waals surface area contributed by atoms with Crippen molar-refractivity contribution in [3.8, 4) is 0 Å². The van der Waals surface area contributed by atoms with Crippen LogP contribution in [0, 0.1) is 12.8 Å². The summed E-state index contributed by atoms with van der Waals surface area (Å²) >= 11 is 0. The monoisotopic (exact) mass is 217 g/mol. The summed E-state index contributed by atoms with van der Waals surface area (Å²) < 4.78 is 0. The van der Waals surface area contributed by atoms with E-state index < -0.39 is 0 Å². The van der Waals surface area contributed by atoms with Crippen LogP contribution in [0.3, 0.4) is 0 Å². The Morgan fingerprint density at radius 1 is 1.31 bits per heavy atom. The molecule has 2 heteroatoms. The van der Waals surface area contributed by atoms with Gasteiger partial charge < -0.3 is 5.32 Å². The third-order valence-electron chi connectivity index (χ3n) is 3.57. The normalized spacial score (nSPS) is 24.4. The van der Waals surface area contributed by atoms with Crippen molar-refractivity contribution in [1.29, 1.82) is 0 Å². The van der Waals surface area contributed by atoms with Crippen LogP contribution in [-0.4, -0.2) is 11.9 Å². The number of rotatable bonds is 2. The third kappa shape index (κ3) is 2.26. The lowest BCUT2D eigenvalue weighted by Crippen LogP contribution is -2.36. The molecule has 1 fully saturated rings. The average molecular weight is 217 g/mol. The van der Waals surface area contributed by atoms with E-state index in [1.807, 2.05) is 31.2 Å². The highest BCUT2D eigenvalue weighted by Crippen LogP contribution is 2.25. The molecule has 1 aromatic rings. The van der Waals surface area contributed by atoms with Crippen molar-refractivity contribution in [2.45, 2.75) is 39.2 Å². The summed E-state index contributed by atoms with van der Waals surface area (Å²) in [5.74, 6) is 0.699. The van der Waals surface area contributed by atoms with Crippen LogP contribution in [0.2, 0.25) is 0 Å². The van der Waals surface area contributed by atoms with Gasteiger partial charge in [-0.2, -0.15) is 0 Å². The molecule has 16 heavy (non-hydrogen) atoms. The van der Waals surface area contributed by atoms with Crippen molar-refractivity contribution < 1.29 is 4.79 Å². The SMILES string of the molecule is Cc1ccccc1C(=O)N[C@H]1CCC[C@H]1C. The smallest absolute Gasteiger partial charge is 0.251 e. The number of benzene rings is 1. The second-order valence-corrected chi connectivity index (χ2v) is 4.80. The number of carbonyl (C=O) groups is 1. The first-order valence-electron chi connectivity index (χ1n) is 6.05. The van der Waals surface area contributed by atoms with E-state index in [9.17, 15) is 4.79 Å². The lowest BCUT2D eigenvalue weighted by atomic mass is 10.0. The fraction of sp³-hybridized carbons (Fsp3) is 0.500. The van der Waals surface area contributed by atoms with Crippen LogP contribution in [-0.2, 0) is 0 Å². The fourth-order valence-electron chi connectivity index (χ4n) is 2.43. The summed E-state index contributed by atoms with van der Waals surface area (Å²) in [5.41, 5.74) is 1.85. The summed E-state index contributed by atoms with van der Waals surface area (Å²) in [6.07, 6.45) is 3.59. The van der Waals surface area contributed by atoms with E-state index >= 15 is 0 Å². The minimum absolute atomic E-state index is 0.0804. The molecule has 0 spiro atoms. The first-order chi connectivity index (χ1) is 7.68. The first kappa shape index (κ1) is 11.2. The minimum atomic E-state index is 0.0804. The summed E-state index contributed by atoms with van der Waals surface area (Å²) in [5, 5.41) is 3.15. The topological polar surface area (TPSA) is 29.1 Å². The zero-order valence-corrected chi connectivity index (χ0v) is 9.99. The van der Waals surface area contributed by atoms with Gasteiger partial charge in [-0.05, 0) is 37.3 Å². The maximum atomic E-state index is 12.1. The Kier molecular flexibility index (Phi) is 3.28. The molecule has 2 rings (SSSR count). The van der Waals surface area contributed by atoms with Crippen LogP contribution in [0.1, 0.15) is 42.1 Å². The van der Waals surface area contributed by atoms with Gasteiger partial charge in [0.25, 0.3) is 5.91 Å². The van der Waals surface area contributed by atoms with E-state index in [-0.39, 0.29) is 5.91 Å². The van der Waals surface area contributed by atoms with Crippen molar-refractivity contribution in [2.24, 2.45) is 5.92 Å². The quantitative estimate of drug-likeness (QED) is 0.810. The second-order valence-electron chi connectivity index (χ2n) is 4.80. The first-order valence-corrected chi connectivity index (χ1v) is 6.05. The number of nitrogens with one attached hydrogen (secondary N) is 1. The lowest BCUT2D eigenvalue weighted by molar-refractivity contribution is 0.0929. The highest BCUT2D eigenvalue weighted by molar-refractivity contribution is 5.95. The summed E-state index contributed by atoms with van der Waals surface area (Å²) in [6.45, 7) is 4.20. The molecule has 1 aromatic carbocycles. The second kappa shape index (κ2) is 4.69. The lowest BCUT2D eigenvalue weighted by Gasteiger charge is -2.17. The van der Waals surface area contributed by atoms with Crippen molar-refractivity contribution >= 4 is 5.91 Å². The molecule has 0 aliphatic heterocycles. The van der Waals surface area contributed by atoms with Crippen LogP contribution >= 0.6 is 0 Å². The highest BCUT2D eigenvalue weighted by atomic mass is 16.1. The van der Waals surface area contributed by atoms with E-state index in [0.29, 0.717) is 12.0 Å². The highest BCUT2D eigenvalue weighted by Gasteiger charge is 2.25. The summed E-state index contributed by atoms with van der Waals surface area (Å²) in [7, 11) is 0. The molecule has 1 aliphatic carbocycles. The predicted molar refractivity (Wildman–Crippen MR) is 65.4 cm³/mol. The Morgan fingerprint density at radius 2 is 2.06 bits per heavy atom. The summed E-state index contributed by atoms with van der Waals surface area (Å²) in [6, 6.07) is 8.12. The Labute approximate surface area is 97.1 Å². The molecule has 0 aromatic heterocycles. The maximum Gasteiger partial charge on any atom is 0.251 e. The molecule has 2 atom stereocenters. The van der Waals surface area contributed by atoms with Gasteiger partial charge in [-0.15, -0.1) is 0 Å². The van der Waals surface area contributed by atoms with Gasteiger partial charge in [0, 0.05) is 11.6 Å². The van der Waals surface area contributed by atoms with Crippen LogP contribution in [0.5, 0.6) is 0 Å². The van der Waals surface area contributed by atoms with Crippen LogP contribution in [0.25, 0.3) is 0 Å². The predicted octanol–water partition coefficient (Wildman–Crippen LogP) is 2.91. The van der Waals surface area contributed by atoms with E-state index in [0.717, 1.165) is 17.5 Å². The van der Waals surface area contributed by atoms with Crippen LogP contribution in [0.4, 0.5) is 0 Å². The Bertz CT molecular complexity index is 386. The molecule has 1 N–H and O–H groups in total. The Morgan fingerprint density at radius 3 is 2.69 bits per heavy atom. The van der Waals surface area contributed by atoms with Gasteiger partial charge in [0.2, 0.25) is 0 Å². The molecule has 0 saturated heterocycles. The van der Waals surface area contributed by atoms with E-state index in [1.165, 1.54) is 12.8 Å². The molecule has 1 aliphatic rings. The van der Waals surface area contributed by atoms with Gasteiger partial charge >= 0.3 is 0 Å². The van der Waals surface area contributed by atoms with Crippen molar-refractivity contribution in [3.05, 3.63) is 35.4 Å². The number of amides is 1. The standard InChI is InChI=1S/C14H19NO/c1-10-6-3-4-8-12(10)14(16)15-13-9-5-7-11(13)2/h3-4,6,8,11,13H,5,7,9H2,1-2H3,(H,15,16)/t11-,13+/m1/s1. The van der Waals surface area contributed by atoms with Crippen molar-refractivity contribution in [2.75, 3.05) is 0 Å². The molecule has 0 radical (unpaired) electrons. The Hall–Kier alpha value is -1.31. The van der Waals surface area contributed by atoms with Gasteiger partial charge in [0.15, 0.2) is 0 Å². The van der Waals surface area contributed by atoms with Crippen LogP contribution in [0.15, 0.2) is 24.3 Å². The Balaban J connectivity index is 2.06. The molecule has 86 valence electrons. The number of carbonyl (C=O) groups excluding carboxylic acids is 1. The average Bonchev–Trinajstić information content (AvgIpc) is 2.65. The molecular weight excluding hydrogens is 198 g/mol. The molecule has 1 saturated carbocycles. The van der Waals surface area contributed by atoms with Gasteiger partial charge in [0.05, 0.1) is 0 Å². The summed E-state index contributed by atoms with van der Waals surface area (Å²) in [4.78, 5) is 12.1. The molecule has 0 heterocycles. The van der Waals surface area contributed by atoms with Crippen molar-refractivity contribution in [1.82, 2.24) is 5.32 Å². The van der Waals surface area contributed by atoms with Gasteiger partial charge in [0.1, 0.15) is 0 Å². The molecule has 2 nitrogen and oxygen atoms in total. The molecular formula is C14H19NO. The van der Waals surface area contributed by atoms with E-state index in [1.54, 1.807) is 0 Å². The zero-order chi connectivity index (χ0) is 11.5.